The number of pyridine rings is 1. The molecule has 0 aliphatic heterocycles. The molecule has 1 aromatic carbocycles. The first-order valence-corrected chi connectivity index (χ1v) is 6.61. The number of para-hydroxylation sites is 1. The van der Waals surface area contributed by atoms with Crippen molar-refractivity contribution in [3.8, 4) is 5.75 Å². The predicted octanol–water partition coefficient (Wildman–Crippen LogP) is 2.70. The van der Waals surface area contributed by atoms with Gasteiger partial charge in [-0.2, -0.15) is 5.10 Å². The second-order valence-corrected chi connectivity index (χ2v) is 4.96. The number of benzene rings is 1. The molecule has 1 aromatic heterocycles. The van der Waals surface area contributed by atoms with E-state index in [9.17, 15) is 9.90 Å². The molecule has 0 atom stereocenters. The monoisotopic (exact) mass is 333 g/mol. The van der Waals surface area contributed by atoms with E-state index in [1.807, 2.05) is 0 Å². The van der Waals surface area contributed by atoms with Gasteiger partial charge in [-0.15, -0.1) is 0 Å². The lowest BCUT2D eigenvalue weighted by atomic mass is 10.1. The summed E-state index contributed by atoms with van der Waals surface area (Å²) in [5.74, 6) is -0.249. The molecule has 2 aromatic rings. The smallest absolute Gasteiger partial charge is 0.272 e. The Morgan fingerprint density at radius 2 is 2.10 bits per heavy atom. The number of carbonyl (C=O) groups excluding carboxylic acids is 1. The van der Waals surface area contributed by atoms with Crippen molar-refractivity contribution >= 4 is 27.5 Å². The van der Waals surface area contributed by atoms with Crippen molar-refractivity contribution in [3.05, 3.63) is 58.3 Å². The topological polar surface area (TPSA) is 74.6 Å². The molecule has 5 nitrogen and oxygen atoms in total. The first-order chi connectivity index (χ1) is 9.58. The second-order valence-electron chi connectivity index (χ2n) is 4.05. The molecule has 0 bridgehead atoms. The Hall–Kier alpha value is -2.21. The van der Waals surface area contributed by atoms with E-state index in [0.29, 0.717) is 21.3 Å². The van der Waals surface area contributed by atoms with Gasteiger partial charge in [-0.1, -0.05) is 12.1 Å². The fraction of sp³-hybridized carbons (Fsp3) is 0.0714. The van der Waals surface area contributed by atoms with E-state index in [1.54, 1.807) is 43.5 Å². The molecule has 1 amide bonds. The fourth-order valence-electron chi connectivity index (χ4n) is 1.58. The van der Waals surface area contributed by atoms with E-state index < -0.39 is 0 Å². The number of hydrazone groups is 1. The Balaban J connectivity index is 2.13. The van der Waals surface area contributed by atoms with Crippen molar-refractivity contribution in [1.29, 1.82) is 0 Å². The van der Waals surface area contributed by atoms with Crippen LogP contribution in [-0.4, -0.2) is 21.7 Å². The molecule has 6 heteroatoms. The van der Waals surface area contributed by atoms with Crippen LogP contribution in [0.4, 0.5) is 0 Å². The van der Waals surface area contributed by atoms with Crippen LogP contribution < -0.4 is 5.43 Å². The van der Waals surface area contributed by atoms with Crippen molar-refractivity contribution in [2.24, 2.45) is 5.10 Å². The molecule has 0 unspecified atom stereocenters. The number of aromatic hydroxyl groups is 1. The molecule has 0 saturated carbocycles. The minimum atomic E-state index is -0.367. The van der Waals surface area contributed by atoms with Gasteiger partial charge in [-0.3, -0.25) is 9.78 Å². The molecule has 0 radical (unpaired) electrons. The minimum absolute atomic E-state index is 0.118. The first-order valence-electron chi connectivity index (χ1n) is 5.81. The van der Waals surface area contributed by atoms with Gasteiger partial charge in [0.2, 0.25) is 0 Å². The Kier molecular flexibility index (Phi) is 4.47. The maximum atomic E-state index is 11.9. The highest BCUT2D eigenvalue weighted by Gasteiger charge is 2.07. The number of nitrogens with one attached hydrogen (secondary N) is 1. The maximum absolute atomic E-state index is 11.9. The number of phenolic OH excluding ortho intramolecular Hbond substituents is 1. The zero-order valence-corrected chi connectivity index (χ0v) is 12.3. The zero-order valence-electron chi connectivity index (χ0n) is 10.7. The number of amides is 1. The van der Waals surface area contributed by atoms with Gasteiger partial charge >= 0.3 is 0 Å². The molecule has 0 spiro atoms. The Labute approximate surface area is 124 Å². The summed E-state index contributed by atoms with van der Waals surface area (Å²) >= 11 is 3.25. The molecular formula is C14H12BrN3O2. The molecule has 0 aliphatic carbocycles. The number of hydrogen-bond acceptors (Lipinski definition) is 4. The Morgan fingerprint density at radius 3 is 2.80 bits per heavy atom. The minimum Gasteiger partial charge on any atom is -0.507 e. The lowest BCUT2D eigenvalue weighted by Gasteiger charge is -2.04. The summed E-state index contributed by atoms with van der Waals surface area (Å²) < 4.78 is 0.714. The van der Waals surface area contributed by atoms with Crippen LogP contribution in [0, 0.1) is 0 Å². The van der Waals surface area contributed by atoms with Gasteiger partial charge in [0.15, 0.2) is 0 Å². The highest BCUT2D eigenvalue weighted by molar-refractivity contribution is 9.10. The number of hydrogen-bond donors (Lipinski definition) is 2. The number of carbonyl (C=O) groups is 1. The van der Waals surface area contributed by atoms with Crippen LogP contribution in [0.2, 0.25) is 0 Å². The normalized spacial score (nSPS) is 11.2. The third-order valence-electron chi connectivity index (χ3n) is 2.59. The first kappa shape index (κ1) is 14.2. The highest BCUT2D eigenvalue weighted by Crippen LogP contribution is 2.16. The average Bonchev–Trinajstić information content (AvgIpc) is 2.45. The van der Waals surface area contributed by atoms with Crippen LogP contribution >= 0.6 is 15.9 Å². The molecular weight excluding hydrogens is 322 g/mol. The largest absolute Gasteiger partial charge is 0.507 e. The van der Waals surface area contributed by atoms with Crippen LogP contribution in [0.25, 0.3) is 0 Å². The number of nitrogens with zero attached hydrogens (tertiary/aromatic N) is 2. The van der Waals surface area contributed by atoms with Crippen molar-refractivity contribution in [3.63, 3.8) is 0 Å². The van der Waals surface area contributed by atoms with E-state index in [4.69, 9.17) is 0 Å². The van der Waals surface area contributed by atoms with E-state index in [0.717, 1.165) is 0 Å². The van der Waals surface area contributed by atoms with Gasteiger partial charge < -0.3 is 5.11 Å². The van der Waals surface area contributed by atoms with Gasteiger partial charge in [0.1, 0.15) is 5.75 Å². The van der Waals surface area contributed by atoms with Gasteiger partial charge in [0.25, 0.3) is 5.91 Å². The standard InChI is InChI=1S/C14H12BrN3O2/c1-9(12-4-2-3-5-13(12)19)17-18-14(20)10-6-11(15)8-16-7-10/h2-8,19H,1H3,(H,18,20)/b17-9+. The van der Waals surface area contributed by atoms with Crippen molar-refractivity contribution in [2.45, 2.75) is 6.92 Å². The van der Waals surface area contributed by atoms with Crippen LogP contribution in [0.15, 0.2) is 52.3 Å². The quantitative estimate of drug-likeness (QED) is 0.669. The summed E-state index contributed by atoms with van der Waals surface area (Å²) in [5.41, 5.74) is 3.91. The van der Waals surface area contributed by atoms with E-state index in [1.165, 1.54) is 6.20 Å². The van der Waals surface area contributed by atoms with Crippen LogP contribution in [0.5, 0.6) is 5.75 Å². The van der Waals surface area contributed by atoms with Crippen molar-refractivity contribution in [1.82, 2.24) is 10.4 Å². The molecule has 2 N–H and O–H groups in total. The van der Waals surface area contributed by atoms with E-state index >= 15 is 0 Å². The fourth-order valence-corrected chi connectivity index (χ4v) is 1.94. The second kappa shape index (κ2) is 6.29. The summed E-state index contributed by atoms with van der Waals surface area (Å²) in [7, 11) is 0. The molecule has 20 heavy (non-hydrogen) atoms. The van der Waals surface area contributed by atoms with Crippen LogP contribution in [0.1, 0.15) is 22.8 Å². The molecule has 1 heterocycles. The average molecular weight is 334 g/mol. The van der Waals surface area contributed by atoms with Gasteiger partial charge in [0.05, 0.1) is 11.3 Å². The predicted molar refractivity (Wildman–Crippen MR) is 79.7 cm³/mol. The van der Waals surface area contributed by atoms with E-state index in [-0.39, 0.29) is 11.7 Å². The van der Waals surface area contributed by atoms with Crippen LogP contribution in [-0.2, 0) is 0 Å². The Bertz CT molecular complexity index is 671. The molecule has 2 rings (SSSR count). The number of phenols is 1. The van der Waals surface area contributed by atoms with Gasteiger partial charge in [-0.05, 0) is 41.1 Å². The summed E-state index contributed by atoms with van der Waals surface area (Å²) in [6.07, 6.45) is 3.04. The number of halogens is 1. The highest BCUT2D eigenvalue weighted by atomic mass is 79.9. The van der Waals surface area contributed by atoms with E-state index in [2.05, 4.69) is 31.4 Å². The summed E-state index contributed by atoms with van der Waals surface area (Å²) in [6, 6.07) is 8.44. The van der Waals surface area contributed by atoms with Crippen LogP contribution in [0.3, 0.4) is 0 Å². The third kappa shape index (κ3) is 3.42. The lowest BCUT2D eigenvalue weighted by molar-refractivity contribution is 0.0954. The van der Waals surface area contributed by atoms with Crippen molar-refractivity contribution < 1.29 is 9.90 Å². The van der Waals surface area contributed by atoms with Crippen molar-refractivity contribution in [2.75, 3.05) is 0 Å². The summed E-state index contributed by atoms with van der Waals surface area (Å²) in [4.78, 5) is 15.8. The SMILES string of the molecule is C/C(=N\NC(=O)c1cncc(Br)c1)c1ccccc1O. The lowest BCUT2D eigenvalue weighted by Crippen LogP contribution is -2.19. The molecule has 0 fully saturated rings. The van der Waals surface area contributed by atoms with Gasteiger partial charge in [0, 0.05) is 22.4 Å². The number of rotatable bonds is 3. The Morgan fingerprint density at radius 1 is 1.35 bits per heavy atom. The third-order valence-corrected chi connectivity index (χ3v) is 3.02. The van der Waals surface area contributed by atoms with Gasteiger partial charge in [-0.25, -0.2) is 5.43 Å². The molecule has 0 aliphatic rings. The number of aromatic nitrogens is 1. The molecule has 0 saturated heterocycles. The molecule has 102 valence electrons. The summed E-state index contributed by atoms with van der Waals surface area (Å²) in [6.45, 7) is 1.70. The maximum Gasteiger partial charge on any atom is 0.272 e. The zero-order chi connectivity index (χ0) is 14.5. The summed E-state index contributed by atoms with van der Waals surface area (Å²) in [5, 5.41) is 13.7.